The Labute approximate surface area is 109 Å². The second-order valence-electron chi connectivity index (χ2n) is 4.88. The Hall–Kier alpha value is -0.570. The lowest BCUT2D eigenvalue weighted by Crippen LogP contribution is -2.44. The van der Waals surface area contributed by atoms with Gasteiger partial charge in [0.2, 0.25) is 0 Å². The van der Waals surface area contributed by atoms with E-state index >= 15 is 0 Å². The minimum absolute atomic E-state index is 0.331. The number of nitrogens with zero attached hydrogens (tertiary/aromatic N) is 1. The molecule has 1 heterocycles. The van der Waals surface area contributed by atoms with E-state index in [0.29, 0.717) is 12.1 Å². The van der Waals surface area contributed by atoms with Crippen molar-refractivity contribution in [3.05, 3.63) is 34.9 Å². The molecule has 0 aliphatic carbocycles. The molecule has 2 rings (SSSR count). The highest BCUT2D eigenvalue weighted by Crippen LogP contribution is 2.28. The van der Waals surface area contributed by atoms with Crippen molar-refractivity contribution < 1.29 is 0 Å². The number of likely N-dealkylation sites (tertiary alicyclic amines) is 1. The van der Waals surface area contributed by atoms with Crippen molar-refractivity contribution in [2.45, 2.75) is 38.3 Å². The summed E-state index contributed by atoms with van der Waals surface area (Å²) >= 11 is 6.07. The number of benzene rings is 1. The smallest absolute Gasteiger partial charge is 0.0409 e. The number of hydrogen-bond donors (Lipinski definition) is 1. The summed E-state index contributed by atoms with van der Waals surface area (Å²) in [5.41, 5.74) is 7.37. The van der Waals surface area contributed by atoms with Gasteiger partial charge >= 0.3 is 0 Å². The molecular weight excluding hydrogens is 232 g/mol. The molecule has 2 unspecified atom stereocenters. The fourth-order valence-corrected chi connectivity index (χ4v) is 2.94. The van der Waals surface area contributed by atoms with Gasteiger partial charge in [0.05, 0.1) is 0 Å². The molecule has 0 bridgehead atoms. The number of nitrogens with two attached hydrogens (primary N) is 1. The quantitative estimate of drug-likeness (QED) is 0.895. The molecule has 1 aliphatic rings. The van der Waals surface area contributed by atoms with Crippen LogP contribution < -0.4 is 5.73 Å². The first kappa shape index (κ1) is 12.9. The Bertz CT molecular complexity index is 367. The first-order valence-corrected chi connectivity index (χ1v) is 6.83. The van der Waals surface area contributed by atoms with Crippen LogP contribution in [-0.4, -0.2) is 24.0 Å². The molecule has 1 saturated heterocycles. The molecule has 0 saturated carbocycles. The van der Waals surface area contributed by atoms with E-state index in [0.717, 1.165) is 31.0 Å². The summed E-state index contributed by atoms with van der Waals surface area (Å²) in [5.74, 6) is 0. The maximum Gasteiger partial charge on any atom is 0.0409 e. The zero-order chi connectivity index (χ0) is 12.3. The Kier molecular flexibility index (Phi) is 4.43. The predicted molar refractivity (Wildman–Crippen MR) is 73.3 cm³/mol. The average molecular weight is 253 g/mol. The second-order valence-corrected chi connectivity index (χ2v) is 5.31. The normalized spacial score (nSPS) is 23.6. The molecule has 1 aromatic carbocycles. The third kappa shape index (κ3) is 3.21. The molecule has 0 aromatic heterocycles. The molecule has 3 heteroatoms. The van der Waals surface area contributed by atoms with Crippen molar-refractivity contribution in [2.24, 2.45) is 5.73 Å². The molecule has 17 heavy (non-hydrogen) atoms. The van der Waals surface area contributed by atoms with E-state index in [1.165, 1.54) is 12.0 Å². The standard InChI is InChI=1S/C14H21ClN2/c1-2-14(11-5-3-6-12(15)9-11)17-8-4-7-13(16)10-17/h3,5-6,9,13-14H,2,4,7-8,10,16H2,1H3. The summed E-state index contributed by atoms with van der Waals surface area (Å²) in [5, 5.41) is 0.822. The summed E-state index contributed by atoms with van der Waals surface area (Å²) in [7, 11) is 0. The molecule has 2 N–H and O–H groups in total. The molecule has 0 radical (unpaired) electrons. The van der Waals surface area contributed by atoms with Crippen molar-refractivity contribution in [3.63, 3.8) is 0 Å². The lowest BCUT2D eigenvalue weighted by atomic mass is 9.98. The molecule has 2 nitrogen and oxygen atoms in total. The van der Waals surface area contributed by atoms with Crippen molar-refractivity contribution in [1.82, 2.24) is 4.90 Å². The molecule has 0 spiro atoms. The van der Waals surface area contributed by atoms with E-state index in [4.69, 9.17) is 17.3 Å². The molecule has 94 valence electrons. The number of hydrogen-bond acceptors (Lipinski definition) is 2. The van der Waals surface area contributed by atoms with Gasteiger partial charge in [-0.1, -0.05) is 30.7 Å². The third-order valence-corrected chi connectivity index (χ3v) is 3.79. The Morgan fingerprint density at radius 1 is 1.53 bits per heavy atom. The van der Waals surface area contributed by atoms with Gasteiger partial charge in [-0.05, 0) is 43.5 Å². The van der Waals surface area contributed by atoms with Crippen molar-refractivity contribution in [3.8, 4) is 0 Å². The van der Waals surface area contributed by atoms with Crippen LogP contribution in [0.15, 0.2) is 24.3 Å². The molecular formula is C14H21ClN2. The average Bonchev–Trinajstić information content (AvgIpc) is 2.30. The van der Waals surface area contributed by atoms with E-state index < -0.39 is 0 Å². The topological polar surface area (TPSA) is 29.3 Å². The zero-order valence-corrected chi connectivity index (χ0v) is 11.2. The zero-order valence-electron chi connectivity index (χ0n) is 10.4. The Balaban J connectivity index is 2.15. The fourth-order valence-electron chi connectivity index (χ4n) is 2.74. The van der Waals surface area contributed by atoms with Crippen molar-refractivity contribution in [1.29, 1.82) is 0 Å². The second kappa shape index (κ2) is 5.85. The van der Waals surface area contributed by atoms with Gasteiger partial charge in [0, 0.05) is 23.7 Å². The summed E-state index contributed by atoms with van der Waals surface area (Å²) < 4.78 is 0. The SMILES string of the molecule is CCC(c1cccc(Cl)c1)N1CCCC(N)C1. The molecule has 2 atom stereocenters. The number of halogens is 1. The van der Waals surface area contributed by atoms with E-state index in [9.17, 15) is 0 Å². The van der Waals surface area contributed by atoms with Crippen LogP contribution in [0.1, 0.15) is 37.8 Å². The van der Waals surface area contributed by atoms with E-state index in [1.54, 1.807) is 0 Å². The van der Waals surface area contributed by atoms with Gasteiger partial charge in [0.1, 0.15) is 0 Å². The van der Waals surface area contributed by atoms with E-state index in [2.05, 4.69) is 24.0 Å². The minimum Gasteiger partial charge on any atom is -0.327 e. The van der Waals surface area contributed by atoms with Crippen LogP contribution in [0.5, 0.6) is 0 Å². The van der Waals surface area contributed by atoms with Crippen LogP contribution in [0.3, 0.4) is 0 Å². The summed E-state index contributed by atoms with van der Waals surface area (Å²) in [6, 6.07) is 9.00. The molecule has 0 amide bonds. The van der Waals surface area contributed by atoms with Gasteiger partial charge in [0.15, 0.2) is 0 Å². The van der Waals surface area contributed by atoms with Crippen LogP contribution in [0.2, 0.25) is 5.02 Å². The first-order chi connectivity index (χ1) is 8.20. The lowest BCUT2D eigenvalue weighted by molar-refractivity contribution is 0.145. The highest BCUT2D eigenvalue weighted by atomic mass is 35.5. The number of piperidine rings is 1. The van der Waals surface area contributed by atoms with Gasteiger partial charge in [-0.2, -0.15) is 0 Å². The third-order valence-electron chi connectivity index (χ3n) is 3.55. The highest BCUT2D eigenvalue weighted by molar-refractivity contribution is 6.30. The van der Waals surface area contributed by atoms with Crippen molar-refractivity contribution >= 4 is 11.6 Å². The van der Waals surface area contributed by atoms with Gasteiger partial charge in [-0.25, -0.2) is 0 Å². The molecule has 1 aromatic rings. The van der Waals surface area contributed by atoms with Crippen LogP contribution in [0.25, 0.3) is 0 Å². The van der Waals surface area contributed by atoms with Crippen molar-refractivity contribution in [2.75, 3.05) is 13.1 Å². The predicted octanol–water partition coefficient (Wildman–Crippen LogP) is 3.21. The Morgan fingerprint density at radius 2 is 2.35 bits per heavy atom. The minimum atomic E-state index is 0.331. The van der Waals surface area contributed by atoms with Crippen LogP contribution in [0, 0.1) is 0 Å². The maximum absolute atomic E-state index is 6.07. The lowest BCUT2D eigenvalue weighted by Gasteiger charge is -2.37. The number of rotatable bonds is 3. The summed E-state index contributed by atoms with van der Waals surface area (Å²) in [6.07, 6.45) is 3.47. The van der Waals surface area contributed by atoms with Gasteiger partial charge < -0.3 is 5.73 Å². The van der Waals surface area contributed by atoms with Crippen LogP contribution >= 0.6 is 11.6 Å². The molecule has 1 aliphatic heterocycles. The van der Waals surface area contributed by atoms with Gasteiger partial charge in [-0.3, -0.25) is 4.90 Å². The van der Waals surface area contributed by atoms with E-state index in [1.807, 2.05) is 12.1 Å². The Morgan fingerprint density at radius 3 is 3.00 bits per heavy atom. The monoisotopic (exact) mass is 252 g/mol. The summed E-state index contributed by atoms with van der Waals surface area (Å²) in [4.78, 5) is 2.50. The molecule has 1 fully saturated rings. The van der Waals surface area contributed by atoms with Crippen LogP contribution in [0.4, 0.5) is 0 Å². The van der Waals surface area contributed by atoms with E-state index in [-0.39, 0.29) is 0 Å². The fraction of sp³-hybridized carbons (Fsp3) is 0.571. The summed E-state index contributed by atoms with van der Waals surface area (Å²) in [6.45, 7) is 4.38. The maximum atomic E-state index is 6.07. The van der Waals surface area contributed by atoms with Gasteiger partial charge in [-0.15, -0.1) is 0 Å². The van der Waals surface area contributed by atoms with Gasteiger partial charge in [0.25, 0.3) is 0 Å². The highest BCUT2D eigenvalue weighted by Gasteiger charge is 2.24. The largest absolute Gasteiger partial charge is 0.327 e. The van der Waals surface area contributed by atoms with Crippen LogP contribution in [-0.2, 0) is 0 Å². The first-order valence-electron chi connectivity index (χ1n) is 6.45.